The van der Waals surface area contributed by atoms with Gasteiger partial charge in [0.2, 0.25) is 5.91 Å². The molecule has 0 saturated heterocycles. The molecule has 1 rings (SSSR count). The van der Waals surface area contributed by atoms with Gasteiger partial charge in [-0.2, -0.15) is 0 Å². The monoisotopic (exact) mass is 351 g/mol. The Labute approximate surface area is 149 Å². The first-order valence-electron chi connectivity index (χ1n) is 8.39. The van der Waals surface area contributed by atoms with Crippen LogP contribution in [-0.4, -0.2) is 35.7 Å². The molecule has 0 spiro atoms. The van der Waals surface area contributed by atoms with E-state index >= 15 is 0 Å². The fraction of sp³-hybridized carbons (Fsp3) is 0.556. The Balaban J connectivity index is 2.71. The Hall–Kier alpha value is -1.53. The minimum absolute atomic E-state index is 0.0387. The minimum atomic E-state index is -0.380. The summed E-state index contributed by atoms with van der Waals surface area (Å²) in [5, 5.41) is 5.77. The van der Waals surface area contributed by atoms with Crippen LogP contribution in [0, 0.1) is 0 Å². The maximum Gasteiger partial charge on any atom is 0.252 e. The first kappa shape index (κ1) is 20.5. The van der Waals surface area contributed by atoms with E-state index in [0.29, 0.717) is 12.1 Å². The Morgan fingerprint density at radius 1 is 1.21 bits per heavy atom. The molecule has 2 amide bonds. The molecule has 134 valence electrons. The summed E-state index contributed by atoms with van der Waals surface area (Å²) < 4.78 is 0. The van der Waals surface area contributed by atoms with Crippen LogP contribution in [0.4, 0.5) is 0 Å². The third kappa shape index (κ3) is 6.53. The van der Waals surface area contributed by atoms with Gasteiger partial charge in [-0.1, -0.05) is 26.0 Å². The van der Waals surface area contributed by atoms with Crippen molar-refractivity contribution in [2.45, 2.75) is 57.0 Å². The zero-order valence-electron chi connectivity index (χ0n) is 15.0. The van der Waals surface area contributed by atoms with Crippen LogP contribution in [0.25, 0.3) is 0 Å². The molecule has 1 aromatic carbocycles. The van der Waals surface area contributed by atoms with Gasteiger partial charge in [0.25, 0.3) is 5.91 Å². The quantitative estimate of drug-likeness (QED) is 0.597. The highest BCUT2D eigenvalue weighted by atomic mass is 32.2. The molecule has 6 heteroatoms. The molecule has 0 fully saturated rings. The second kappa shape index (κ2) is 9.69. The van der Waals surface area contributed by atoms with Gasteiger partial charge in [0.05, 0.1) is 11.3 Å². The van der Waals surface area contributed by atoms with Crippen LogP contribution in [0.1, 0.15) is 50.9 Å². The van der Waals surface area contributed by atoms with Gasteiger partial charge in [-0.25, -0.2) is 0 Å². The first-order chi connectivity index (χ1) is 11.3. The van der Waals surface area contributed by atoms with Crippen molar-refractivity contribution in [3.63, 3.8) is 0 Å². The Morgan fingerprint density at radius 3 is 2.42 bits per heavy atom. The summed E-state index contributed by atoms with van der Waals surface area (Å²) in [6, 6.07) is 7.43. The predicted molar refractivity (Wildman–Crippen MR) is 100 cm³/mol. The number of nitrogens with two attached hydrogens (primary N) is 1. The molecule has 0 aliphatic rings. The fourth-order valence-corrected chi connectivity index (χ4v) is 3.00. The second-order valence-electron chi connectivity index (χ2n) is 6.26. The smallest absolute Gasteiger partial charge is 0.252 e. The molecule has 0 heterocycles. The number of rotatable bonds is 9. The summed E-state index contributed by atoms with van der Waals surface area (Å²) >= 11 is 1.37. The summed E-state index contributed by atoms with van der Waals surface area (Å²) in [5.41, 5.74) is 6.43. The molecule has 0 radical (unpaired) electrons. The van der Waals surface area contributed by atoms with E-state index < -0.39 is 0 Å². The molecule has 0 bridgehead atoms. The van der Waals surface area contributed by atoms with Crippen molar-refractivity contribution in [1.82, 2.24) is 10.6 Å². The zero-order valence-corrected chi connectivity index (χ0v) is 15.8. The maximum absolute atomic E-state index is 12.5. The van der Waals surface area contributed by atoms with Gasteiger partial charge in [0.1, 0.15) is 0 Å². The molecular formula is C18H29N3O2S. The van der Waals surface area contributed by atoms with Crippen LogP contribution in [0.5, 0.6) is 0 Å². The van der Waals surface area contributed by atoms with E-state index in [9.17, 15) is 9.59 Å². The van der Waals surface area contributed by atoms with Crippen molar-refractivity contribution in [2.24, 2.45) is 5.73 Å². The molecule has 0 aliphatic carbocycles. The highest BCUT2D eigenvalue weighted by molar-refractivity contribution is 8.00. The van der Waals surface area contributed by atoms with Gasteiger partial charge in [0, 0.05) is 23.0 Å². The number of hydrogen-bond donors (Lipinski definition) is 3. The zero-order chi connectivity index (χ0) is 18.2. The van der Waals surface area contributed by atoms with Gasteiger partial charge in [0.15, 0.2) is 0 Å². The van der Waals surface area contributed by atoms with Crippen LogP contribution in [0.2, 0.25) is 0 Å². The van der Waals surface area contributed by atoms with Gasteiger partial charge in [-0.05, 0) is 38.8 Å². The van der Waals surface area contributed by atoms with Gasteiger partial charge in [-0.15, -0.1) is 11.8 Å². The van der Waals surface area contributed by atoms with Crippen molar-refractivity contribution in [1.29, 1.82) is 0 Å². The molecule has 0 aromatic heterocycles. The highest BCUT2D eigenvalue weighted by Gasteiger charge is 2.22. The summed E-state index contributed by atoms with van der Waals surface area (Å²) in [6.07, 6.45) is 1.60. The SMILES string of the molecule is CCC(N)(CC)CNC(=O)c1ccccc1SCC(=O)NC(C)C. The largest absolute Gasteiger partial charge is 0.353 e. The number of benzene rings is 1. The lowest BCUT2D eigenvalue weighted by molar-refractivity contribution is -0.119. The lowest BCUT2D eigenvalue weighted by Crippen LogP contribution is -2.49. The van der Waals surface area contributed by atoms with E-state index in [4.69, 9.17) is 5.73 Å². The topological polar surface area (TPSA) is 84.2 Å². The summed E-state index contributed by atoms with van der Waals surface area (Å²) in [6.45, 7) is 8.32. The van der Waals surface area contributed by atoms with E-state index in [2.05, 4.69) is 10.6 Å². The number of amides is 2. The molecule has 0 atom stereocenters. The summed E-state index contributed by atoms with van der Waals surface area (Å²) in [5.74, 6) is 0.0926. The minimum Gasteiger partial charge on any atom is -0.353 e. The van der Waals surface area contributed by atoms with Crippen LogP contribution in [0.15, 0.2) is 29.2 Å². The van der Waals surface area contributed by atoms with Crippen LogP contribution >= 0.6 is 11.8 Å². The van der Waals surface area contributed by atoms with Crippen LogP contribution in [-0.2, 0) is 4.79 Å². The Kier molecular flexibility index (Phi) is 8.28. The van der Waals surface area contributed by atoms with Gasteiger partial charge in [-0.3, -0.25) is 9.59 Å². The number of nitrogens with one attached hydrogen (secondary N) is 2. The number of hydrogen-bond acceptors (Lipinski definition) is 4. The molecule has 5 nitrogen and oxygen atoms in total. The van der Waals surface area contributed by atoms with E-state index in [1.54, 1.807) is 6.07 Å². The van der Waals surface area contributed by atoms with Gasteiger partial charge >= 0.3 is 0 Å². The predicted octanol–water partition coefficient (Wildman–Crippen LogP) is 2.55. The maximum atomic E-state index is 12.5. The third-order valence-electron chi connectivity index (χ3n) is 3.95. The van der Waals surface area contributed by atoms with Crippen molar-refractivity contribution in [2.75, 3.05) is 12.3 Å². The molecular weight excluding hydrogens is 322 g/mol. The molecule has 0 saturated carbocycles. The third-order valence-corrected chi connectivity index (χ3v) is 5.02. The summed E-state index contributed by atoms with van der Waals surface area (Å²) in [7, 11) is 0. The van der Waals surface area contributed by atoms with E-state index in [-0.39, 0.29) is 29.1 Å². The van der Waals surface area contributed by atoms with Crippen molar-refractivity contribution in [3.05, 3.63) is 29.8 Å². The molecule has 1 aromatic rings. The fourth-order valence-electron chi connectivity index (χ4n) is 2.14. The van der Waals surface area contributed by atoms with E-state index in [1.807, 2.05) is 45.9 Å². The normalized spacial score (nSPS) is 11.4. The van der Waals surface area contributed by atoms with Crippen molar-refractivity contribution < 1.29 is 9.59 Å². The summed E-state index contributed by atoms with van der Waals surface area (Å²) in [4.78, 5) is 25.1. The van der Waals surface area contributed by atoms with Crippen molar-refractivity contribution >= 4 is 23.6 Å². The number of carbonyl (C=O) groups is 2. The molecule has 0 unspecified atom stereocenters. The second-order valence-corrected chi connectivity index (χ2v) is 7.28. The van der Waals surface area contributed by atoms with E-state index in [0.717, 1.165) is 17.7 Å². The lowest BCUT2D eigenvalue weighted by Gasteiger charge is -2.27. The molecule has 0 aliphatic heterocycles. The lowest BCUT2D eigenvalue weighted by atomic mass is 9.94. The average molecular weight is 352 g/mol. The van der Waals surface area contributed by atoms with E-state index in [1.165, 1.54) is 11.8 Å². The number of thioether (sulfide) groups is 1. The standard InChI is InChI=1S/C18H29N3O2S/c1-5-18(19,6-2)12-20-17(23)14-9-7-8-10-15(14)24-11-16(22)21-13(3)4/h7-10,13H,5-6,11-12,19H2,1-4H3,(H,20,23)(H,21,22). The first-order valence-corrected chi connectivity index (χ1v) is 9.38. The van der Waals surface area contributed by atoms with Gasteiger partial charge < -0.3 is 16.4 Å². The Morgan fingerprint density at radius 2 is 1.83 bits per heavy atom. The average Bonchev–Trinajstić information content (AvgIpc) is 2.57. The highest BCUT2D eigenvalue weighted by Crippen LogP contribution is 2.22. The van der Waals surface area contributed by atoms with Crippen LogP contribution < -0.4 is 16.4 Å². The molecule has 4 N–H and O–H groups in total. The van der Waals surface area contributed by atoms with Crippen LogP contribution in [0.3, 0.4) is 0 Å². The number of carbonyl (C=O) groups excluding carboxylic acids is 2. The molecule has 24 heavy (non-hydrogen) atoms. The van der Waals surface area contributed by atoms with Crippen molar-refractivity contribution in [3.8, 4) is 0 Å². The Bertz CT molecular complexity index is 557.